The van der Waals surface area contributed by atoms with E-state index in [2.05, 4.69) is 4.72 Å². The number of hydrogen-bond acceptors (Lipinski definition) is 3. The van der Waals surface area contributed by atoms with Gasteiger partial charge in [-0.3, -0.25) is 0 Å². The van der Waals surface area contributed by atoms with Crippen LogP contribution in [0.3, 0.4) is 0 Å². The van der Waals surface area contributed by atoms with Crippen LogP contribution in [-0.4, -0.2) is 14.5 Å². The average Bonchev–Trinajstić information content (AvgIpc) is 2.47. The van der Waals surface area contributed by atoms with Gasteiger partial charge in [0.05, 0.1) is 4.90 Å². The van der Waals surface area contributed by atoms with Gasteiger partial charge in [-0.15, -0.1) is 0 Å². The quantitative estimate of drug-likeness (QED) is 0.834. The van der Waals surface area contributed by atoms with E-state index in [1.54, 1.807) is 24.3 Å². The van der Waals surface area contributed by atoms with Gasteiger partial charge in [-0.25, -0.2) is 13.1 Å². The van der Waals surface area contributed by atoms with Crippen molar-refractivity contribution in [1.29, 1.82) is 0 Å². The first-order valence-electron chi connectivity index (χ1n) is 6.91. The molecule has 0 aliphatic rings. The summed E-state index contributed by atoms with van der Waals surface area (Å²) in [5.74, 6) is 0. The average molecular weight is 304 g/mol. The first-order chi connectivity index (χ1) is 9.94. The highest BCUT2D eigenvalue weighted by molar-refractivity contribution is 7.89. The number of hydrogen-bond donors (Lipinski definition) is 2. The van der Waals surface area contributed by atoms with Crippen LogP contribution < -0.4 is 10.5 Å². The van der Waals surface area contributed by atoms with E-state index in [-0.39, 0.29) is 10.9 Å². The Labute approximate surface area is 126 Å². The third-order valence-electron chi connectivity index (χ3n) is 3.41. The minimum absolute atomic E-state index is 0.0838. The van der Waals surface area contributed by atoms with Gasteiger partial charge in [-0.1, -0.05) is 37.3 Å². The number of benzene rings is 2. The van der Waals surface area contributed by atoms with Gasteiger partial charge in [-0.2, -0.15) is 0 Å². The summed E-state index contributed by atoms with van der Waals surface area (Å²) in [6.07, 6.45) is 0.748. The number of nitrogen functional groups attached to an aromatic ring is 1. The lowest BCUT2D eigenvalue weighted by molar-refractivity contribution is 0.556. The van der Waals surface area contributed by atoms with Crippen molar-refractivity contribution in [3.05, 3.63) is 48.5 Å². The van der Waals surface area contributed by atoms with E-state index in [4.69, 9.17) is 5.73 Å². The fraction of sp³-hybridized carbons (Fsp3) is 0.250. The molecule has 0 aromatic heterocycles. The lowest BCUT2D eigenvalue weighted by atomic mass is 10.0. The molecular formula is C16H20N2O2S. The number of rotatable bonds is 5. The van der Waals surface area contributed by atoms with Crippen LogP contribution in [-0.2, 0) is 10.0 Å². The van der Waals surface area contributed by atoms with Gasteiger partial charge >= 0.3 is 0 Å². The summed E-state index contributed by atoms with van der Waals surface area (Å²) in [5.41, 5.74) is 8.40. The lowest BCUT2D eigenvalue weighted by Gasteiger charge is -2.12. The minimum Gasteiger partial charge on any atom is -0.398 e. The molecule has 2 rings (SSSR count). The van der Waals surface area contributed by atoms with Gasteiger partial charge in [0.1, 0.15) is 0 Å². The number of anilines is 1. The molecular weight excluding hydrogens is 284 g/mol. The second-order valence-electron chi connectivity index (χ2n) is 5.04. The maximum Gasteiger partial charge on any atom is 0.240 e. The third-order valence-corrected chi connectivity index (χ3v) is 5.01. The summed E-state index contributed by atoms with van der Waals surface area (Å²) in [6, 6.07) is 14.2. The van der Waals surface area contributed by atoms with Crippen molar-refractivity contribution in [1.82, 2.24) is 4.72 Å². The van der Waals surface area contributed by atoms with Crippen molar-refractivity contribution in [2.24, 2.45) is 0 Å². The van der Waals surface area contributed by atoms with Gasteiger partial charge in [0.15, 0.2) is 0 Å². The lowest BCUT2D eigenvalue weighted by Crippen LogP contribution is -2.31. The number of nitrogens with one attached hydrogen (secondary N) is 1. The van der Waals surface area contributed by atoms with E-state index in [0.29, 0.717) is 5.69 Å². The molecule has 0 aliphatic carbocycles. The fourth-order valence-electron chi connectivity index (χ4n) is 1.99. The Morgan fingerprint density at radius 1 is 1.10 bits per heavy atom. The van der Waals surface area contributed by atoms with Crippen LogP contribution in [0.25, 0.3) is 11.1 Å². The SMILES string of the molecule is CCC(C)NS(=O)(=O)c1ccc(-c2ccccc2N)cc1. The zero-order valence-corrected chi connectivity index (χ0v) is 13.0. The molecule has 0 saturated heterocycles. The molecule has 0 radical (unpaired) electrons. The Morgan fingerprint density at radius 3 is 2.29 bits per heavy atom. The normalized spacial score (nSPS) is 13.0. The van der Waals surface area contributed by atoms with E-state index in [9.17, 15) is 8.42 Å². The van der Waals surface area contributed by atoms with Crippen molar-refractivity contribution in [3.8, 4) is 11.1 Å². The third kappa shape index (κ3) is 3.62. The molecule has 0 aliphatic heterocycles. The molecule has 0 amide bonds. The molecule has 0 fully saturated rings. The highest BCUT2D eigenvalue weighted by Gasteiger charge is 2.16. The molecule has 0 spiro atoms. The maximum atomic E-state index is 12.2. The van der Waals surface area contributed by atoms with Gasteiger partial charge in [0.2, 0.25) is 10.0 Å². The zero-order valence-electron chi connectivity index (χ0n) is 12.2. The van der Waals surface area contributed by atoms with Crippen molar-refractivity contribution >= 4 is 15.7 Å². The second kappa shape index (κ2) is 6.28. The van der Waals surface area contributed by atoms with E-state index in [1.807, 2.05) is 38.1 Å². The van der Waals surface area contributed by atoms with Crippen molar-refractivity contribution in [2.75, 3.05) is 5.73 Å². The minimum atomic E-state index is -3.46. The van der Waals surface area contributed by atoms with Crippen LogP contribution in [0.4, 0.5) is 5.69 Å². The molecule has 0 saturated carbocycles. The summed E-state index contributed by atoms with van der Waals surface area (Å²) in [5, 5.41) is 0. The van der Waals surface area contributed by atoms with Gasteiger partial charge in [0, 0.05) is 17.3 Å². The Kier molecular flexibility index (Phi) is 4.65. The summed E-state index contributed by atoms with van der Waals surface area (Å²) < 4.78 is 27.0. The first kappa shape index (κ1) is 15.5. The maximum absolute atomic E-state index is 12.2. The summed E-state index contributed by atoms with van der Waals surface area (Å²) >= 11 is 0. The zero-order chi connectivity index (χ0) is 15.5. The van der Waals surface area contributed by atoms with Gasteiger partial charge in [-0.05, 0) is 37.1 Å². The molecule has 0 bridgehead atoms. The van der Waals surface area contributed by atoms with Crippen molar-refractivity contribution in [3.63, 3.8) is 0 Å². The molecule has 112 valence electrons. The standard InChI is InChI=1S/C16H20N2O2S/c1-3-12(2)18-21(19,20)14-10-8-13(9-11-14)15-6-4-5-7-16(15)17/h4-12,18H,3,17H2,1-2H3. The molecule has 1 atom stereocenters. The highest BCUT2D eigenvalue weighted by atomic mass is 32.2. The molecule has 2 aromatic rings. The molecule has 4 nitrogen and oxygen atoms in total. The van der Waals surface area contributed by atoms with Crippen molar-refractivity contribution in [2.45, 2.75) is 31.2 Å². The predicted molar refractivity (Wildman–Crippen MR) is 86.4 cm³/mol. The number of para-hydroxylation sites is 1. The fourth-order valence-corrected chi connectivity index (χ4v) is 3.32. The Hall–Kier alpha value is -1.85. The Morgan fingerprint density at radius 2 is 1.71 bits per heavy atom. The van der Waals surface area contributed by atoms with Crippen LogP contribution in [0.5, 0.6) is 0 Å². The molecule has 5 heteroatoms. The summed E-state index contributed by atoms with van der Waals surface area (Å²) in [7, 11) is -3.46. The van der Waals surface area contributed by atoms with Crippen LogP contribution in [0.2, 0.25) is 0 Å². The molecule has 1 unspecified atom stereocenters. The predicted octanol–water partition coefficient (Wildman–Crippen LogP) is 3.01. The topological polar surface area (TPSA) is 72.2 Å². The number of sulfonamides is 1. The monoisotopic (exact) mass is 304 g/mol. The first-order valence-corrected chi connectivity index (χ1v) is 8.39. The summed E-state index contributed by atoms with van der Waals surface area (Å²) in [4.78, 5) is 0.265. The smallest absolute Gasteiger partial charge is 0.240 e. The van der Waals surface area contributed by atoms with Crippen molar-refractivity contribution < 1.29 is 8.42 Å². The van der Waals surface area contributed by atoms with Crippen LogP contribution in [0.1, 0.15) is 20.3 Å². The molecule has 2 aromatic carbocycles. The number of nitrogens with two attached hydrogens (primary N) is 1. The van der Waals surface area contributed by atoms with E-state index in [1.165, 1.54) is 0 Å². The highest BCUT2D eigenvalue weighted by Crippen LogP contribution is 2.26. The van der Waals surface area contributed by atoms with E-state index >= 15 is 0 Å². The molecule has 21 heavy (non-hydrogen) atoms. The van der Waals surface area contributed by atoms with Gasteiger partial charge < -0.3 is 5.73 Å². The molecule has 0 heterocycles. The van der Waals surface area contributed by atoms with E-state index < -0.39 is 10.0 Å². The Bertz CT molecular complexity index is 709. The second-order valence-corrected chi connectivity index (χ2v) is 6.76. The van der Waals surface area contributed by atoms with Gasteiger partial charge in [0.25, 0.3) is 0 Å². The molecule has 3 N–H and O–H groups in total. The van der Waals surface area contributed by atoms with E-state index in [0.717, 1.165) is 17.5 Å². The van der Waals surface area contributed by atoms with Crippen LogP contribution in [0.15, 0.2) is 53.4 Å². The van der Waals surface area contributed by atoms with Crippen LogP contribution in [0, 0.1) is 0 Å². The largest absolute Gasteiger partial charge is 0.398 e. The Balaban J connectivity index is 2.29. The van der Waals surface area contributed by atoms with Crippen LogP contribution >= 0.6 is 0 Å². The summed E-state index contributed by atoms with van der Waals surface area (Å²) in [6.45, 7) is 3.78.